The third kappa shape index (κ3) is 4.55. The Bertz CT molecular complexity index is 422. The first-order valence-electron chi connectivity index (χ1n) is 7.56. The van der Waals surface area contributed by atoms with Gasteiger partial charge in [0, 0.05) is 12.5 Å². The lowest BCUT2D eigenvalue weighted by Crippen LogP contribution is -2.15. The maximum Gasteiger partial charge on any atom is 0.123 e. The van der Waals surface area contributed by atoms with Crippen molar-refractivity contribution in [2.45, 2.75) is 44.9 Å². The van der Waals surface area contributed by atoms with E-state index >= 15 is 0 Å². The summed E-state index contributed by atoms with van der Waals surface area (Å²) in [7, 11) is 1.66. The fourth-order valence-electron chi connectivity index (χ4n) is 2.77. The highest BCUT2D eigenvalue weighted by atomic mass is 16.5. The smallest absolute Gasteiger partial charge is 0.123 e. The van der Waals surface area contributed by atoms with Crippen molar-refractivity contribution < 1.29 is 14.3 Å². The molecule has 3 nitrogen and oxygen atoms in total. The standard InChI is InChI=1S/C17H24O3/c1-19-16-10-15(8-5-9-18)11-17(12-16)20-13-14-6-3-2-4-7-14/h9-12,14H,2-8,13H2,1H3. The van der Waals surface area contributed by atoms with Crippen molar-refractivity contribution in [1.29, 1.82) is 0 Å². The van der Waals surface area contributed by atoms with Gasteiger partial charge in [-0.1, -0.05) is 19.3 Å². The van der Waals surface area contributed by atoms with Gasteiger partial charge in [0.2, 0.25) is 0 Å². The first kappa shape index (κ1) is 14.9. The molecule has 0 unspecified atom stereocenters. The average Bonchev–Trinajstić information content (AvgIpc) is 2.51. The molecule has 110 valence electrons. The zero-order valence-electron chi connectivity index (χ0n) is 12.3. The molecule has 0 radical (unpaired) electrons. The van der Waals surface area contributed by atoms with E-state index < -0.39 is 0 Å². The molecule has 1 aliphatic carbocycles. The number of aldehydes is 1. The number of hydrogen-bond acceptors (Lipinski definition) is 3. The highest BCUT2D eigenvalue weighted by Crippen LogP contribution is 2.27. The fourth-order valence-corrected chi connectivity index (χ4v) is 2.77. The van der Waals surface area contributed by atoms with Crippen molar-refractivity contribution in [2.75, 3.05) is 13.7 Å². The minimum atomic E-state index is 0.537. The summed E-state index contributed by atoms with van der Waals surface area (Å²) >= 11 is 0. The van der Waals surface area contributed by atoms with Gasteiger partial charge in [-0.15, -0.1) is 0 Å². The molecule has 0 amide bonds. The molecule has 0 N–H and O–H groups in total. The predicted octanol–water partition coefficient (Wildman–Crippen LogP) is 3.79. The van der Waals surface area contributed by atoms with Crippen molar-refractivity contribution >= 4 is 6.29 Å². The van der Waals surface area contributed by atoms with Gasteiger partial charge in [-0.25, -0.2) is 0 Å². The maximum atomic E-state index is 10.5. The number of rotatable bonds is 7. The van der Waals surface area contributed by atoms with Crippen molar-refractivity contribution in [2.24, 2.45) is 5.92 Å². The summed E-state index contributed by atoms with van der Waals surface area (Å²) in [6, 6.07) is 5.92. The molecular formula is C17H24O3. The van der Waals surface area contributed by atoms with Crippen LogP contribution in [-0.2, 0) is 11.2 Å². The second-order valence-electron chi connectivity index (χ2n) is 5.54. The first-order valence-corrected chi connectivity index (χ1v) is 7.56. The molecule has 0 bridgehead atoms. The van der Waals surface area contributed by atoms with Crippen molar-refractivity contribution in [3.05, 3.63) is 23.8 Å². The van der Waals surface area contributed by atoms with E-state index in [1.54, 1.807) is 7.11 Å². The van der Waals surface area contributed by atoms with Crippen LogP contribution in [0.25, 0.3) is 0 Å². The molecule has 0 spiro atoms. The topological polar surface area (TPSA) is 35.5 Å². The van der Waals surface area contributed by atoms with Crippen molar-refractivity contribution in [3.63, 3.8) is 0 Å². The van der Waals surface area contributed by atoms with Crippen LogP contribution in [0.1, 0.15) is 44.1 Å². The summed E-state index contributed by atoms with van der Waals surface area (Å²) in [5, 5.41) is 0. The number of benzene rings is 1. The first-order chi connectivity index (χ1) is 9.81. The Morgan fingerprint density at radius 2 is 1.90 bits per heavy atom. The van der Waals surface area contributed by atoms with E-state index in [4.69, 9.17) is 9.47 Å². The highest BCUT2D eigenvalue weighted by Gasteiger charge is 2.14. The molecule has 2 rings (SSSR count). The number of hydrogen-bond donors (Lipinski definition) is 0. The second-order valence-corrected chi connectivity index (χ2v) is 5.54. The molecule has 1 aliphatic rings. The molecular weight excluding hydrogens is 252 g/mol. The summed E-state index contributed by atoms with van der Waals surface area (Å²) in [4.78, 5) is 10.5. The third-order valence-corrected chi connectivity index (χ3v) is 3.94. The molecule has 1 aromatic carbocycles. The highest BCUT2D eigenvalue weighted by molar-refractivity contribution is 5.50. The van der Waals surface area contributed by atoms with Crippen LogP contribution in [0.3, 0.4) is 0 Å². The van der Waals surface area contributed by atoms with Gasteiger partial charge < -0.3 is 14.3 Å². The summed E-state index contributed by atoms with van der Waals surface area (Å²) in [6.07, 6.45) is 8.81. The molecule has 1 fully saturated rings. The molecule has 0 aliphatic heterocycles. The number of ether oxygens (including phenoxy) is 2. The molecule has 0 aromatic heterocycles. The van der Waals surface area contributed by atoms with Crippen molar-refractivity contribution in [3.8, 4) is 11.5 Å². The van der Waals surface area contributed by atoms with E-state index in [0.29, 0.717) is 12.3 Å². The lowest BCUT2D eigenvalue weighted by molar-refractivity contribution is -0.107. The molecule has 0 atom stereocenters. The van der Waals surface area contributed by atoms with E-state index in [1.165, 1.54) is 32.1 Å². The van der Waals surface area contributed by atoms with Crippen LogP contribution in [0.15, 0.2) is 18.2 Å². The van der Waals surface area contributed by atoms with Crippen LogP contribution < -0.4 is 9.47 Å². The van der Waals surface area contributed by atoms with Gasteiger partial charge in [-0.3, -0.25) is 0 Å². The van der Waals surface area contributed by atoms with Crippen LogP contribution in [0.5, 0.6) is 11.5 Å². The Hall–Kier alpha value is -1.51. The summed E-state index contributed by atoms with van der Waals surface area (Å²) in [6.45, 7) is 0.792. The normalized spacial score (nSPS) is 15.8. The Labute approximate surface area is 121 Å². The Morgan fingerprint density at radius 3 is 2.60 bits per heavy atom. The number of methoxy groups -OCH3 is 1. The van der Waals surface area contributed by atoms with Crippen molar-refractivity contribution in [1.82, 2.24) is 0 Å². The molecule has 0 saturated heterocycles. The van der Waals surface area contributed by atoms with Gasteiger partial charge >= 0.3 is 0 Å². The quantitative estimate of drug-likeness (QED) is 0.711. The predicted molar refractivity (Wildman–Crippen MR) is 79.4 cm³/mol. The van der Waals surface area contributed by atoms with Crippen LogP contribution in [0.4, 0.5) is 0 Å². The Kier molecular flexibility index (Phi) is 5.90. The largest absolute Gasteiger partial charge is 0.497 e. The van der Waals surface area contributed by atoms with E-state index in [-0.39, 0.29) is 0 Å². The lowest BCUT2D eigenvalue weighted by atomic mass is 9.90. The van der Waals surface area contributed by atoms with E-state index in [2.05, 4.69) is 0 Å². The molecule has 1 aromatic rings. The summed E-state index contributed by atoms with van der Waals surface area (Å²) in [5.41, 5.74) is 1.09. The Balaban J connectivity index is 1.96. The summed E-state index contributed by atoms with van der Waals surface area (Å²) in [5.74, 6) is 2.34. The van der Waals surface area contributed by atoms with Gasteiger partial charge in [0.05, 0.1) is 13.7 Å². The minimum absolute atomic E-state index is 0.537. The summed E-state index contributed by atoms with van der Waals surface area (Å²) < 4.78 is 11.2. The monoisotopic (exact) mass is 276 g/mol. The van der Waals surface area contributed by atoms with Gasteiger partial charge in [0.15, 0.2) is 0 Å². The number of carbonyl (C=O) groups excluding carboxylic acids is 1. The van der Waals surface area contributed by atoms with E-state index in [1.807, 2.05) is 18.2 Å². The van der Waals surface area contributed by atoms with Gasteiger partial charge in [0.1, 0.15) is 17.8 Å². The van der Waals surface area contributed by atoms with Crippen LogP contribution >= 0.6 is 0 Å². The van der Waals surface area contributed by atoms with Crippen LogP contribution in [0, 0.1) is 5.92 Å². The molecule has 0 heterocycles. The lowest BCUT2D eigenvalue weighted by Gasteiger charge is -2.22. The fraction of sp³-hybridized carbons (Fsp3) is 0.588. The third-order valence-electron chi connectivity index (χ3n) is 3.94. The zero-order chi connectivity index (χ0) is 14.2. The minimum Gasteiger partial charge on any atom is -0.497 e. The van der Waals surface area contributed by atoms with Gasteiger partial charge in [-0.05, 0) is 42.9 Å². The van der Waals surface area contributed by atoms with E-state index in [9.17, 15) is 4.79 Å². The van der Waals surface area contributed by atoms with Crippen LogP contribution in [-0.4, -0.2) is 20.0 Å². The molecule has 1 saturated carbocycles. The zero-order valence-corrected chi connectivity index (χ0v) is 12.3. The van der Waals surface area contributed by atoms with E-state index in [0.717, 1.165) is 36.4 Å². The van der Waals surface area contributed by atoms with Crippen LogP contribution in [0.2, 0.25) is 0 Å². The van der Waals surface area contributed by atoms with Gasteiger partial charge in [0.25, 0.3) is 0 Å². The maximum absolute atomic E-state index is 10.5. The number of aryl methyl sites for hydroxylation is 1. The Morgan fingerprint density at radius 1 is 1.15 bits per heavy atom. The van der Waals surface area contributed by atoms with Gasteiger partial charge in [-0.2, -0.15) is 0 Å². The average molecular weight is 276 g/mol. The second kappa shape index (κ2) is 7.93. The molecule has 3 heteroatoms. The molecule has 20 heavy (non-hydrogen) atoms. The SMILES string of the molecule is COc1cc(CCC=O)cc(OCC2CCCCC2)c1. The number of carbonyl (C=O) groups is 1.